The molecule has 78 valence electrons. The van der Waals surface area contributed by atoms with E-state index in [0.29, 0.717) is 0 Å². The van der Waals surface area contributed by atoms with E-state index in [1.54, 1.807) is 6.26 Å². The third kappa shape index (κ3) is 1.54. The lowest BCUT2D eigenvalue weighted by Crippen LogP contribution is -1.70. The van der Waals surface area contributed by atoms with Gasteiger partial charge in [-0.15, -0.1) is 0 Å². The number of fused-ring (bicyclic) bond motifs is 1. The molecule has 16 heavy (non-hydrogen) atoms. The van der Waals surface area contributed by atoms with Gasteiger partial charge in [0.05, 0.1) is 5.52 Å². The molecule has 2 aromatic heterocycles. The van der Waals surface area contributed by atoms with Crippen molar-refractivity contribution in [2.24, 2.45) is 0 Å². The standard InChI is InChI=1S/C14H11NO/c1-2-4-11(5-3-1)6-7-12-10-16-13-8-9-15-14(12)13/h1-10,15H/b7-6+. The molecule has 0 amide bonds. The lowest BCUT2D eigenvalue weighted by Gasteiger charge is -1.90. The smallest absolute Gasteiger partial charge is 0.152 e. The molecule has 0 unspecified atom stereocenters. The highest BCUT2D eigenvalue weighted by molar-refractivity contribution is 5.87. The summed E-state index contributed by atoms with van der Waals surface area (Å²) in [5.74, 6) is 0. The second-order valence-electron chi connectivity index (χ2n) is 3.65. The maximum Gasteiger partial charge on any atom is 0.152 e. The molecule has 2 heterocycles. The van der Waals surface area contributed by atoms with Crippen LogP contribution in [0.3, 0.4) is 0 Å². The van der Waals surface area contributed by atoms with Crippen molar-refractivity contribution in [2.45, 2.75) is 0 Å². The molecule has 0 aliphatic rings. The lowest BCUT2D eigenvalue weighted by atomic mass is 10.2. The Hall–Kier alpha value is -2.22. The van der Waals surface area contributed by atoms with Gasteiger partial charge in [0.15, 0.2) is 5.58 Å². The second-order valence-corrected chi connectivity index (χ2v) is 3.65. The Bertz CT molecular complexity index is 616. The normalized spacial score (nSPS) is 11.5. The van der Waals surface area contributed by atoms with E-state index in [0.717, 1.165) is 16.7 Å². The van der Waals surface area contributed by atoms with Crippen molar-refractivity contribution in [1.29, 1.82) is 0 Å². The third-order valence-electron chi connectivity index (χ3n) is 2.57. The number of rotatable bonds is 2. The van der Waals surface area contributed by atoms with E-state index in [4.69, 9.17) is 4.42 Å². The second kappa shape index (κ2) is 3.74. The summed E-state index contributed by atoms with van der Waals surface area (Å²) in [7, 11) is 0. The molecule has 1 aromatic carbocycles. The topological polar surface area (TPSA) is 28.9 Å². The van der Waals surface area contributed by atoms with Crippen LogP contribution in [0.15, 0.2) is 53.3 Å². The Kier molecular flexibility index (Phi) is 2.11. The monoisotopic (exact) mass is 209 g/mol. The van der Waals surface area contributed by atoms with Gasteiger partial charge in [0.1, 0.15) is 6.26 Å². The first-order chi connectivity index (χ1) is 7.93. The number of nitrogens with one attached hydrogen (secondary N) is 1. The Balaban J connectivity index is 1.96. The first kappa shape index (κ1) is 9.04. The molecule has 3 aromatic rings. The first-order valence-electron chi connectivity index (χ1n) is 5.21. The number of H-pyrrole nitrogens is 1. The van der Waals surface area contributed by atoms with Crippen molar-refractivity contribution in [3.05, 3.63) is 60.0 Å². The van der Waals surface area contributed by atoms with Crippen LogP contribution in [0.1, 0.15) is 11.1 Å². The SMILES string of the molecule is C(=C\c1coc2cc[nH]c12)/c1ccccc1. The molecule has 2 nitrogen and oxygen atoms in total. The Morgan fingerprint density at radius 1 is 1.00 bits per heavy atom. The van der Waals surface area contributed by atoms with Gasteiger partial charge >= 0.3 is 0 Å². The zero-order chi connectivity index (χ0) is 10.8. The van der Waals surface area contributed by atoms with Crippen molar-refractivity contribution in [2.75, 3.05) is 0 Å². The van der Waals surface area contributed by atoms with E-state index in [2.05, 4.69) is 29.3 Å². The number of hydrogen-bond donors (Lipinski definition) is 1. The van der Waals surface area contributed by atoms with Gasteiger partial charge in [0.2, 0.25) is 0 Å². The summed E-state index contributed by atoms with van der Waals surface area (Å²) >= 11 is 0. The maximum absolute atomic E-state index is 5.39. The average Bonchev–Trinajstić information content (AvgIpc) is 2.90. The zero-order valence-corrected chi connectivity index (χ0v) is 8.68. The Morgan fingerprint density at radius 3 is 2.75 bits per heavy atom. The molecule has 0 spiro atoms. The summed E-state index contributed by atoms with van der Waals surface area (Å²) in [5.41, 5.74) is 4.20. The molecule has 0 saturated carbocycles. The van der Waals surface area contributed by atoms with Gasteiger partial charge in [-0.3, -0.25) is 0 Å². The minimum atomic E-state index is 0.896. The fourth-order valence-corrected chi connectivity index (χ4v) is 1.74. The van der Waals surface area contributed by atoms with Crippen LogP contribution in [0.2, 0.25) is 0 Å². The van der Waals surface area contributed by atoms with Crippen LogP contribution in [0, 0.1) is 0 Å². The van der Waals surface area contributed by atoms with Crippen LogP contribution < -0.4 is 0 Å². The summed E-state index contributed by atoms with van der Waals surface area (Å²) < 4.78 is 5.39. The van der Waals surface area contributed by atoms with Gasteiger partial charge in [0, 0.05) is 11.8 Å². The van der Waals surface area contributed by atoms with E-state index in [1.165, 1.54) is 5.56 Å². The maximum atomic E-state index is 5.39. The van der Waals surface area contributed by atoms with Gasteiger partial charge < -0.3 is 9.40 Å². The predicted octanol–water partition coefficient (Wildman–Crippen LogP) is 3.93. The van der Waals surface area contributed by atoms with Crippen LogP contribution in [0.4, 0.5) is 0 Å². The van der Waals surface area contributed by atoms with Gasteiger partial charge in [-0.2, -0.15) is 0 Å². The van der Waals surface area contributed by atoms with E-state index in [-0.39, 0.29) is 0 Å². The quantitative estimate of drug-likeness (QED) is 0.680. The summed E-state index contributed by atoms with van der Waals surface area (Å²) in [4.78, 5) is 3.16. The largest absolute Gasteiger partial charge is 0.462 e. The van der Waals surface area contributed by atoms with Crippen LogP contribution in [0.5, 0.6) is 0 Å². The first-order valence-corrected chi connectivity index (χ1v) is 5.21. The van der Waals surface area contributed by atoms with Crippen molar-refractivity contribution >= 4 is 23.3 Å². The lowest BCUT2D eigenvalue weighted by molar-refractivity contribution is 0.615. The number of aromatic amines is 1. The number of hydrogen-bond acceptors (Lipinski definition) is 1. The minimum Gasteiger partial charge on any atom is -0.462 e. The molecule has 0 saturated heterocycles. The summed E-state index contributed by atoms with van der Waals surface area (Å²) in [6.45, 7) is 0. The van der Waals surface area contributed by atoms with Gasteiger partial charge in [-0.25, -0.2) is 0 Å². The molecular weight excluding hydrogens is 198 g/mol. The number of furan rings is 1. The van der Waals surface area contributed by atoms with Gasteiger partial charge in [-0.05, 0) is 17.7 Å². The fourth-order valence-electron chi connectivity index (χ4n) is 1.74. The minimum absolute atomic E-state index is 0.896. The van der Waals surface area contributed by atoms with E-state index in [1.807, 2.05) is 30.5 Å². The van der Waals surface area contributed by atoms with E-state index < -0.39 is 0 Å². The molecule has 0 bridgehead atoms. The average molecular weight is 209 g/mol. The molecule has 0 fully saturated rings. The van der Waals surface area contributed by atoms with Crippen molar-refractivity contribution in [3.8, 4) is 0 Å². The highest BCUT2D eigenvalue weighted by Crippen LogP contribution is 2.21. The Labute approximate surface area is 93.2 Å². The fraction of sp³-hybridized carbons (Fsp3) is 0. The van der Waals surface area contributed by atoms with Crippen LogP contribution >= 0.6 is 0 Å². The van der Waals surface area contributed by atoms with E-state index in [9.17, 15) is 0 Å². The van der Waals surface area contributed by atoms with E-state index >= 15 is 0 Å². The molecule has 0 radical (unpaired) electrons. The Morgan fingerprint density at radius 2 is 1.88 bits per heavy atom. The van der Waals surface area contributed by atoms with Gasteiger partial charge in [0.25, 0.3) is 0 Å². The van der Waals surface area contributed by atoms with Crippen LogP contribution in [0.25, 0.3) is 23.3 Å². The van der Waals surface area contributed by atoms with Crippen molar-refractivity contribution < 1.29 is 4.42 Å². The van der Waals surface area contributed by atoms with Gasteiger partial charge in [-0.1, -0.05) is 36.4 Å². The summed E-state index contributed by atoms with van der Waals surface area (Å²) in [6, 6.07) is 12.1. The molecule has 0 aliphatic heterocycles. The number of aromatic nitrogens is 1. The molecule has 2 heteroatoms. The zero-order valence-electron chi connectivity index (χ0n) is 8.68. The molecule has 3 rings (SSSR count). The van der Waals surface area contributed by atoms with Crippen LogP contribution in [-0.2, 0) is 0 Å². The highest BCUT2D eigenvalue weighted by Gasteiger charge is 2.02. The molecule has 0 aliphatic carbocycles. The molecule has 0 atom stereocenters. The predicted molar refractivity (Wildman–Crippen MR) is 65.9 cm³/mol. The molecular formula is C14H11NO. The number of benzene rings is 1. The van der Waals surface area contributed by atoms with Crippen molar-refractivity contribution in [3.63, 3.8) is 0 Å². The highest BCUT2D eigenvalue weighted by atomic mass is 16.3. The molecule has 1 N–H and O–H groups in total. The summed E-state index contributed by atoms with van der Waals surface area (Å²) in [5, 5.41) is 0. The van der Waals surface area contributed by atoms with Crippen molar-refractivity contribution in [1.82, 2.24) is 4.98 Å². The summed E-state index contributed by atoms with van der Waals surface area (Å²) in [6.07, 6.45) is 7.78. The van der Waals surface area contributed by atoms with Crippen LogP contribution in [-0.4, -0.2) is 4.98 Å². The third-order valence-corrected chi connectivity index (χ3v) is 2.57.